The van der Waals surface area contributed by atoms with Crippen LogP contribution in [-0.4, -0.2) is 59.5 Å². The van der Waals surface area contributed by atoms with Crippen LogP contribution in [0.25, 0.3) is 0 Å². The Morgan fingerprint density at radius 3 is 1.50 bits per heavy atom. The lowest BCUT2D eigenvalue weighted by Crippen LogP contribution is -2.41. The van der Waals surface area contributed by atoms with Gasteiger partial charge in [0.15, 0.2) is 11.9 Å². The summed E-state index contributed by atoms with van der Waals surface area (Å²) in [6.07, 6.45) is 44.0. The quantitative estimate of drug-likeness (QED) is 0.0277. The molecular formula is C43H80NO7P. The summed E-state index contributed by atoms with van der Waals surface area (Å²) in [5.74, 6) is -0.352. The summed E-state index contributed by atoms with van der Waals surface area (Å²) < 4.78 is 23.8. The van der Waals surface area contributed by atoms with Gasteiger partial charge in [-0.1, -0.05) is 165 Å². The summed E-state index contributed by atoms with van der Waals surface area (Å²) >= 11 is 0. The molecule has 0 aromatic carbocycles. The fourth-order valence-electron chi connectivity index (χ4n) is 5.93. The zero-order valence-corrected chi connectivity index (χ0v) is 34.3. The molecule has 2 unspecified atom stereocenters. The molecule has 0 bridgehead atoms. The molecule has 0 aliphatic carbocycles. The molecule has 3 atom stereocenters. The number of hydrogen-bond acceptors (Lipinski definition) is 6. The Kier molecular flexibility index (Phi) is 38.3. The van der Waals surface area contributed by atoms with Crippen molar-refractivity contribution in [3.63, 3.8) is 0 Å². The van der Waals surface area contributed by atoms with E-state index in [1.54, 1.807) is 0 Å². The van der Waals surface area contributed by atoms with Crippen molar-refractivity contribution in [1.82, 2.24) is 5.09 Å². The van der Waals surface area contributed by atoms with Crippen molar-refractivity contribution in [3.05, 3.63) is 48.6 Å². The molecule has 0 saturated carbocycles. The highest BCUT2D eigenvalue weighted by atomic mass is 31.2. The Labute approximate surface area is 319 Å². The van der Waals surface area contributed by atoms with Crippen LogP contribution in [0.15, 0.2) is 48.6 Å². The minimum atomic E-state index is -4.38. The number of rotatable bonds is 40. The second-order valence-electron chi connectivity index (χ2n) is 14.0. The number of ketones is 1. The van der Waals surface area contributed by atoms with Gasteiger partial charge in [-0.05, 0) is 57.8 Å². The van der Waals surface area contributed by atoms with Crippen LogP contribution in [0.1, 0.15) is 181 Å². The molecule has 304 valence electrons. The van der Waals surface area contributed by atoms with Crippen molar-refractivity contribution in [2.24, 2.45) is 0 Å². The smallest absolute Gasteiger partial charge is 0.395 e. The number of Topliss-reactive ketones (excluding diaryl/α,β-unsaturated/α-hetero) is 1. The average Bonchev–Trinajstić information content (AvgIpc) is 3.14. The minimum absolute atomic E-state index is 0.157. The lowest BCUT2D eigenvalue weighted by molar-refractivity contribution is -0.137. The molecule has 52 heavy (non-hydrogen) atoms. The molecule has 9 heteroatoms. The summed E-state index contributed by atoms with van der Waals surface area (Å²) in [4.78, 5) is 23.4. The normalized spacial score (nSPS) is 14.7. The number of allylic oxidation sites excluding steroid dienone is 8. The number of unbranched alkanes of at least 4 members (excludes halogenated alkanes) is 19. The van der Waals surface area contributed by atoms with Gasteiger partial charge in [-0.15, -0.1) is 0 Å². The maximum Gasteiger partial charge on any atom is 0.403 e. The third-order valence-corrected chi connectivity index (χ3v) is 10.2. The first-order valence-corrected chi connectivity index (χ1v) is 22.7. The molecule has 0 heterocycles. The predicted molar refractivity (Wildman–Crippen MR) is 220 cm³/mol. The Morgan fingerprint density at radius 2 is 1.04 bits per heavy atom. The van der Waals surface area contributed by atoms with E-state index >= 15 is 0 Å². The summed E-state index contributed by atoms with van der Waals surface area (Å²) in [5, 5.41) is 21.4. The molecule has 0 radical (unpaired) electrons. The number of carbonyl (C=O) groups excluding carboxylic acids is 1. The molecule has 0 saturated heterocycles. The molecule has 0 aromatic heterocycles. The van der Waals surface area contributed by atoms with E-state index in [-0.39, 0.29) is 25.4 Å². The van der Waals surface area contributed by atoms with Gasteiger partial charge in [-0.3, -0.25) is 9.32 Å². The highest BCUT2D eigenvalue weighted by Crippen LogP contribution is 2.39. The first-order valence-electron chi connectivity index (χ1n) is 21.1. The van der Waals surface area contributed by atoms with Crippen LogP contribution in [0.3, 0.4) is 0 Å². The Bertz CT molecular complexity index is 952. The molecule has 0 aromatic rings. The molecule has 4 N–H and O–H groups in total. The Hall–Kier alpha value is -1.38. The van der Waals surface area contributed by atoms with Crippen molar-refractivity contribution >= 4 is 13.5 Å². The van der Waals surface area contributed by atoms with Gasteiger partial charge in [0, 0.05) is 19.6 Å². The predicted octanol–water partition coefficient (Wildman–Crippen LogP) is 11.4. The zero-order valence-electron chi connectivity index (χ0n) is 33.4. The van der Waals surface area contributed by atoms with E-state index in [4.69, 9.17) is 14.4 Å². The van der Waals surface area contributed by atoms with Crippen molar-refractivity contribution < 1.29 is 33.7 Å². The van der Waals surface area contributed by atoms with E-state index in [2.05, 4.69) is 67.5 Å². The van der Waals surface area contributed by atoms with Crippen LogP contribution >= 0.6 is 7.75 Å². The summed E-state index contributed by atoms with van der Waals surface area (Å²) in [5.41, 5.74) is 0. The molecule has 0 aliphatic heterocycles. The van der Waals surface area contributed by atoms with Crippen LogP contribution in [0.2, 0.25) is 0 Å². The van der Waals surface area contributed by atoms with Crippen LogP contribution in [0, 0.1) is 0 Å². The van der Waals surface area contributed by atoms with Crippen molar-refractivity contribution in [1.29, 1.82) is 0 Å². The largest absolute Gasteiger partial charge is 0.403 e. The number of aliphatic hydroxyl groups excluding tert-OH is 2. The van der Waals surface area contributed by atoms with E-state index in [0.717, 1.165) is 51.4 Å². The molecule has 0 aliphatic rings. The van der Waals surface area contributed by atoms with Crippen LogP contribution in [0.4, 0.5) is 0 Å². The standard InChI is InChI=1S/C43H80NO7P/c1-3-5-7-9-11-13-15-17-19-20-21-23-25-27-29-31-33-35-39-50-42(40-46)43(51-52(48,49)44-37-38-45)41(47)36-34-32-30-28-26-24-22-18-16-14-12-10-8-6-4-2/h11,13,17,19,21,23,27,29,42-43,45-46H,3-10,12,14-16,18,20,22,24-26,28,30-40H2,1-2H3,(H2,44,48,49)/b13-11-,19-17-,23-21-,29-27-/t42-,43?/m0/s1. The van der Waals surface area contributed by atoms with Crippen molar-refractivity contribution in [3.8, 4) is 0 Å². The summed E-state index contributed by atoms with van der Waals surface area (Å²) in [7, 11) is -4.38. The fraction of sp³-hybridized carbons (Fsp3) is 0.791. The topological polar surface area (TPSA) is 125 Å². The number of carbonyl (C=O) groups is 1. The van der Waals surface area contributed by atoms with Crippen molar-refractivity contribution in [2.75, 3.05) is 26.4 Å². The van der Waals surface area contributed by atoms with E-state index in [0.29, 0.717) is 19.4 Å². The van der Waals surface area contributed by atoms with Gasteiger partial charge >= 0.3 is 7.75 Å². The first kappa shape index (κ1) is 50.6. The summed E-state index contributed by atoms with van der Waals surface area (Å²) in [6, 6.07) is 0. The minimum Gasteiger partial charge on any atom is -0.395 e. The average molecular weight is 754 g/mol. The van der Waals surface area contributed by atoms with Gasteiger partial charge in [0.2, 0.25) is 0 Å². The van der Waals surface area contributed by atoms with Gasteiger partial charge in [-0.2, -0.15) is 0 Å². The lowest BCUT2D eigenvalue weighted by atomic mass is 10.0. The first-order chi connectivity index (χ1) is 25.4. The summed E-state index contributed by atoms with van der Waals surface area (Å²) in [6.45, 7) is 3.76. The zero-order chi connectivity index (χ0) is 38.2. The number of aliphatic hydroxyl groups is 2. The molecule has 0 amide bonds. The maximum absolute atomic E-state index is 13.2. The van der Waals surface area contributed by atoms with Gasteiger partial charge in [0.1, 0.15) is 6.10 Å². The molecule has 0 fully saturated rings. The molecule has 0 spiro atoms. The van der Waals surface area contributed by atoms with Crippen molar-refractivity contribution in [2.45, 2.75) is 193 Å². The van der Waals surface area contributed by atoms with Crippen LogP contribution in [0.5, 0.6) is 0 Å². The molecular weight excluding hydrogens is 673 g/mol. The van der Waals surface area contributed by atoms with Gasteiger partial charge in [0.25, 0.3) is 0 Å². The van der Waals surface area contributed by atoms with Crippen LogP contribution in [-0.2, 0) is 18.6 Å². The van der Waals surface area contributed by atoms with E-state index in [1.807, 2.05) is 0 Å². The van der Waals surface area contributed by atoms with Crippen LogP contribution < -0.4 is 5.09 Å². The van der Waals surface area contributed by atoms with E-state index in [9.17, 15) is 19.4 Å². The highest BCUT2D eigenvalue weighted by Gasteiger charge is 2.35. The molecule has 0 rings (SSSR count). The second kappa shape index (κ2) is 39.3. The maximum atomic E-state index is 13.2. The number of nitrogens with one attached hydrogen (secondary N) is 1. The monoisotopic (exact) mass is 754 g/mol. The number of hydrogen-bond donors (Lipinski definition) is 4. The van der Waals surface area contributed by atoms with E-state index in [1.165, 1.54) is 96.3 Å². The van der Waals surface area contributed by atoms with E-state index < -0.39 is 26.6 Å². The van der Waals surface area contributed by atoms with Gasteiger partial charge in [-0.25, -0.2) is 9.65 Å². The Balaban J connectivity index is 4.37. The fourth-order valence-corrected chi connectivity index (χ4v) is 6.94. The number of ether oxygens (including phenoxy) is 1. The van der Waals surface area contributed by atoms with Gasteiger partial charge in [0.05, 0.1) is 13.2 Å². The SMILES string of the molecule is CCCCC/C=C\C/C=C\C/C=C\C/C=C\CCCCO[C@@H](CO)C(OP(=O)(O)NCCO)C(=O)CCCCCCCCCCCCCCCCC. The lowest BCUT2D eigenvalue weighted by Gasteiger charge is -2.27. The Morgan fingerprint density at radius 1 is 0.615 bits per heavy atom. The molecule has 8 nitrogen and oxygen atoms in total. The van der Waals surface area contributed by atoms with Gasteiger partial charge < -0.3 is 19.8 Å². The second-order valence-corrected chi connectivity index (χ2v) is 15.6. The highest BCUT2D eigenvalue weighted by molar-refractivity contribution is 7.50. The third-order valence-electron chi connectivity index (χ3n) is 9.10. The third kappa shape index (κ3) is 34.4.